The summed E-state index contributed by atoms with van der Waals surface area (Å²) in [5, 5.41) is 2.06. The van der Waals surface area contributed by atoms with E-state index < -0.39 is 15.8 Å². The lowest BCUT2D eigenvalue weighted by Crippen LogP contribution is -2.50. The van der Waals surface area contributed by atoms with Crippen LogP contribution in [0, 0.1) is 5.82 Å². The SMILES string of the molecule is O=C(c1ccc2ccccc2c1)N1CCN(S(=O)(=O)c2ccc(F)cc2)CC1. The van der Waals surface area contributed by atoms with Gasteiger partial charge < -0.3 is 4.90 Å². The maximum Gasteiger partial charge on any atom is 0.253 e. The number of carbonyl (C=O) groups excluding carboxylic acids is 1. The van der Waals surface area contributed by atoms with Crippen molar-refractivity contribution in [2.75, 3.05) is 26.2 Å². The van der Waals surface area contributed by atoms with Gasteiger partial charge >= 0.3 is 0 Å². The number of hydrogen-bond donors (Lipinski definition) is 0. The number of piperazine rings is 1. The summed E-state index contributed by atoms with van der Waals surface area (Å²) in [7, 11) is -3.69. The van der Waals surface area contributed by atoms with E-state index in [9.17, 15) is 17.6 Å². The predicted molar refractivity (Wildman–Crippen MR) is 105 cm³/mol. The molecule has 28 heavy (non-hydrogen) atoms. The first-order valence-corrected chi connectivity index (χ1v) is 10.4. The molecule has 5 nitrogen and oxygen atoms in total. The molecule has 0 N–H and O–H groups in total. The molecular weight excluding hydrogens is 379 g/mol. The maximum atomic E-state index is 13.1. The zero-order valence-corrected chi connectivity index (χ0v) is 15.9. The van der Waals surface area contributed by atoms with E-state index in [2.05, 4.69) is 0 Å². The van der Waals surface area contributed by atoms with Gasteiger partial charge in [-0.3, -0.25) is 4.79 Å². The van der Waals surface area contributed by atoms with Crippen LogP contribution in [0.3, 0.4) is 0 Å². The lowest BCUT2D eigenvalue weighted by Gasteiger charge is -2.34. The summed E-state index contributed by atoms with van der Waals surface area (Å²) in [6.07, 6.45) is 0. The zero-order valence-electron chi connectivity index (χ0n) is 15.1. The molecule has 1 saturated heterocycles. The molecule has 144 valence electrons. The Hall–Kier alpha value is -2.77. The Balaban J connectivity index is 1.47. The van der Waals surface area contributed by atoms with Crippen molar-refractivity contribution in [1.29, 1.82) is 0 Å². The van der Waals surface area contributed by atoms with Crippen molar-refractivity contribution in [2.45, 2.75) is 4.90 Å². The highest BCUT2D eigenvalue weighted by atomic mass is 32.2. The fourth-order valence-corrected chi connectivity index (χ4v) is 4.81. The first-order chi connectivity index (χ1) is 13.4. The molecule has 0 unspecified atom stereocenters. The minimum absolute atomic E-state index is 0.0585. The van der Waals surface area contributed by atoms with E-state index in [1.54, 1.807) is 11.0 Å². The van der Waals surface area contributed by atoms with Gasteiger partial charge in [-0.05, 0) is 47.2 Å². The average molecular weight is 398 g/mol. The molecule has 0 aliphatic carbocycles. The van der Waals surface area contributed by atoms with Crippen LogP contribution < -0.4 is 0 Å². The first-order valence-electron chi connectivity index (χ1n) is 8.99. The molecule has 7 heteroatoms. The van der Waals surface area contributed by atoms with E-state index in [0.717, 1.165) is 22.9 Å². The number of fused-ring (bicyclic) bond motifs is 1. The van der Waals surface area contributed by atoms with E-state index in [1.165, 1.54) is 16.4 Å². The molecule has 1 fully saturated rings. The quantitative estimate of drug-likeness (QED) is 0.681. The molecule has 1 heterocycles. The van der Waals surface area contributed by atoms with Gasteiger partial charge in [-0.2, -0.15) is 4.31 Å². The number of hydrogen-bond acceptors (Lipinski definition) is 3. The van der Waals surface area contributed by atoms with Gasteiger partial charge in [0.15, 0.2) is 0 Å². The Kier molecular flexibility index (Phi) is 4.87. The molecule has 0 aromatic heterocycles. The summed E-state index contributed by atoms with van der Waals surface area (Å²) in [6, 6.07) is 18.2. The summed E-state index contributed by atoms with van der Waals surface area (Å²) in [5.41, 5.74) is 0.591. The fourth-order valence-electron chi connectivity index (χ4n) is 3.39. The van der Waals surface area contributed by atoms with Crippen LogP contribution in [-0.2, 0) is 10.0 Å². The summed E-state index contributed by atoms with van der Waals surface area (Å²) in [6.45, 7) is 1.04. The Morgan fingerprint density at radius 2 is 1.46 bits per heavy atom. The third-order valence-electron chi connectivity index (χ3n) is 4.97. The van der Waals surface area contributed by atoms with Gasteiger partial charge in [0, 0.05) is 31.7 Å². The molecule has 4 rings (SSSR count). The van der Waals surface area contributed by atoms with Crippen molar-refractivity contribution in [3.8, 4) is 0 Å². The largest absolute Gasteiger partial charge is 0.336 e. The van der Waals surface area contributed by atoms with Crippen LogP contribution >= 0.6 is 0 Å². The number of amides is 1. The van der Waals surface area contributed by atoms with Gasteiger partial charge in [-0.15, -0.1) is 0 Å². The Morgan fingerprint density at radius 3 is 2.14 bits per heavy atom. The second-order valence-corrected chi connectivity index (χ2v) is 8.65. The van der Waals surface area contributed by atoms with Gasteiger partial charge in [-0.25, -0.2) is 12.8 Å². The predicted octanol–water partition coefficient (Wildman–Crippen LogP) is 3.13. The van der Waals surface area contributed by atoms with Gasteiger partial charge in [0.1, 0.15) is 5.82 Å². The van der Waals surface area contributed by atoms with Gasteiger partial charge in [0.2, 0.25) is 10.0 Å². The molecule has 0 saturated carbocycles. The number of benzene rings is 3. The van der Waals surface area contributed by atoms with Gasteiger partial charge in [0.05, 0.1) is 4.90 Å². The van der Waals surface area contributed by atoms with Crippen molar-refractivity contribution in [2.24, 2.45) is 0 Å². The summed E-state index contributed by atoms with van der Waals surface area (Å²) >= 11 is 0. The second kappa shape index (κ2) is 7.33. The van der Waals surface area contributed by atoms with Crippen LogP contribution in [0.4, 0.5) is 4.39 Å². The molecule has 3 aromatic carbocycles. The number of rotatable bonds is 3. The highest BCUT2D eigenvalue weighted by Crippen LogP contribution is 2.20. The summed E-state index contributed by atoms with van der Waals surface area (Å²) in [5.74, 6) is -0.589. The normalized spacial score (nSPS) is 15.7. The van der Waals surface area contributed by atoms with E-state index in [-0.39, 0.29) is 23.9 Å². The monoisotopic (exact) mass is 398 g/mol. The molecule has 1 aliphatic rings. The Morgan fingerprint density at radius 1 is 0.821 bits per heavy atom. The van der Waals surface area contributed by atoms with Crippen LogP contribution in [0.1, 0.15) is 10.4 Å². The third kappa shape index (κ3) is 3.50. The van der Waals surface area contributed by atoms with Crippen LogP contribution in [0.15, 0.2) is 71.6 Å². The Labute approximate surface area is 163 Å². The van der Waals surface area contributed by atoms with Crippen LogP contribution in [0.25, 0.3) is 10.8 Å². The molecule has 3 aromatic rings. The van der Waals surface area contributed by atoms with E-state index >= 15 is 0 Å². The highest BCUT2D eigenvalue weighted by molar-refractivity contribution is 7.89. The fraction of sp³-hybridized carbons (Fsp3) is 0.190. The van der Waals surface area contributed by atoms with Crippen LogP contribution in [0.5, 0.6) is 0 Å². The smallest absolute Gasteiger partial charge is 0.253 e. The lowest BCUT2D eigenvalue weighted by molar-refractivity contribution is 0.0698. The number of sulfonamides is 1. The molecule has 0 radical (unpaired) electrons. The maximum absolute atomic E-state index is 13.1. The highest BCUT2D eigenvalue weighted by Gasteiger charge is 2.30. The minimum Gasteiger partial charge on any atom is -0.336 e. The topological polar surface area (TPSA) is 57.7 Å². The van der Waals surface area contributed by atoms with Crippen molar-refractivity contribution in [3.05, 3.63) is 78.1 Å². The molecule has 0 bridgehead atoms. The van der Waals surface area contributed by atoms with Crippen molar-refractivity contribution in [1.82, 2.24) is 9.21 Å². The number of halogens is 1. The molecule has 0 atom stereocenters. The molecule has 1 amide bonds. The number of nitrogens with zero attached hydrogens (tertiary/aromatic N) is 2. The third-order valence-corrected chi connectivity index (χ3v) is 6.89. The Bertz CT molecular complexity index is 1120. The van der Waals surface area contributed by atoms with Gasteiger partial charge in [0.25, 0.3) is 5.91 Å². The average Bonchev–Trinajstić information content (AvgIpc) is 2.73. The summed E-state index contributed by atoms with van der Waals surface area (Å²) < 4.78 is 39.8. The first kappa shape index (κ1) is 18.6. The van der Waals surface area contributed by atoms with E-state index in [4.69, 9.17) is 0 Å². The summed E-state index contributed by atoms with van der Waals surface area (Å²) in [4.78, 5) is 14.5. The van der Waals surface area contributed by atoms with Crippen molar-refractivity contribution in [3.63, 3.8) is 0 Å². The molecule has 1 aliphatic heterocycles. The lowest BCUT2D eigenvalue weighted by atomic mass is 10.1. The van der Waals surface area contributed by atoms with Crippen LogP contribution in [-0.4, -0.2) is 49.7 Å². The minimum atomic E-state index is -3.69. The van der Waals surface area contributed by atoms with Gasteiger partial charge in [-0.1, -0.05) is 30.3 Å². The van der Waals surface area contributed by atoms with Crippen molar-refractivity contribution < 1.29 is 17.6 Å². The zero-order chi connectivity index (χ0) is 19.7. The molecule has 0 spiro atoms. The van der Waals surface area contributed by atoms with E-state index in [1.807, 2.05) is 36.4 Å². The molecular formula is C21H19FN2O3S. The number of carbonyl (C=O) groups is 1. The van der Waals surface area contributed by atoms with Crippen LogP contribution in [0.2, 0.25) is 0 Å². The standard InChI is InChI=1S/C21H19FN2O3S/c22-19-7-9-20(10-8-19)28(26,27)24-13-11-23(12-14-24)21(25)18-6-5-16-3-1-2-4-17(16)15-18/h1-10,15H,11-14H2. The van der Waals surface area contributed by atoms with Crippen molar-refractivity contribution >= 4 is 26.7 Å². The van der Waals surface area contributed by atoms with E-state index in [0.29, 0.717) is 18.7 Å². The second-order valence-electron chi connectivity index (χ2n) is 6.71.